The number of hydrogen-bond acceptors (Lipinski definition) is 7. The van der Waals surface area contributed by atoms with Crippen LogP contribution < -0.4 is 0 Å². The van der Waals surface area contributed by atoms with Crippen LogP contribution in [0.5, 0.6) is 0 Å². The van der Waals surface area contributed by atoms with Crippen LogP contribution in [-0.2, 0) is 72.9 Å². The molecule has 2 aliphatic rings. The molecule has 0 unspecified atom stereocenters. The van der Waals surface area contributed by atoms with Crippen LogP contribution in [-0.4, -0.2) is 37.6 Å². The molecule has 0 bridgehead atoms. The molecule has 3 heterocycles. The minimum Gasteiger partial charge on any atom is -0.374 e. The third-order valence-corrected chi connectivity index (χ3v) is 11.7. The van der Waals surface area contributed by atoms with Gasteiger partial charge in [-0.05, 0) is 45.2 Å². The van der Waals surface area contributed by atoms with Crippen molar-refractivity contribution >= 4 is 33.0 Å². The largest absolute Gasteiger partial charge is 0.374 e. The monoisotopic (exact) mass is 746 g/mol. The Labute approximate surface area is 320 Å². The SMILES string of the molecule is ClCc1cccc2c3c(sc12)[C@@]1(OCC3)O[C@H](COCc2ccccc2)[C@H](OCc2ccccc2)[C@H](OCc2ccccc2)[C@H]1OCc1ccccc1. The van der Waals surface area contributed by atoms with Gasteiger partial charge >= 0.3 is 0 Å². The molecule has 6 nitrogen and oxygen atoms in total. The predicted molar refractivity (Wildman–Crippen MR) is 209 cm³/mol. The molecule has 272 valence electrons. The minimum absolute atomic E-state index is 0.253. The van der Waals surface area contributed by atoms with Crippen LogP contribution in [0, 0.1) is 0 Å². The van der Waals surface area contributed by atoms with Gasteiger partial charge in [-0.3, -0.25) is 0 Å². The van der Waals surface area contributed by atoms with Gasteiger partial charge in [0.05, 0.1) is 44.5 Å². The first kappa shape index (κ1) is 36.1. The maximum atomic E-state index is 7.37. The zero-order chi connectivity index (χ0) is 35.9. The first-order chi connectivity index (χ1) is 26.2. The molecular weight excluding hydrogens is 704 g/mol. The molecule has 1 fully saturated rings. The van der Waals surface area contributed by atoms with Gasteiger partial charge in [0.15, 0.2) is 0 Å². The van der Waals surface area contributed by atoms with E-state index in [9.17, 15) is 0 Å². The van der Waals surface area contributed by atoms with Crippen LogP contribution in [0.25, 0.3) is 10.1 Å². The Morgan fingerprint density at radius 2 is 1.17 bits per heavy atom. The van der Waals surface area contributed by atoms with Gasteiger partial charge in [0, 0.05) is 10.6 Å². The highest BCUT2D eigenvalue weighted by atomic mass is 35.5. The van der Waals surface area contributed by atoms with E-state index in [1.807, 2.05) is 72.8 Å². The summed E-state index contributed by atoms with van der Waals surface area (Å²) in [6.07, 6.45) is -1.70. The molecule has 0 N–H and O–H groups in total. The highest BCUT2D eigenvalue weighted by molar-refractivity contribution is 7.19. The van der Waals surface area contributed by atoms with Crippen molar-refractivity contribution in [3.05, 3.63) is 178 Å². The van der Waals surface area contributed by atoms with Crippen LogP contribution in [0.3, 0.4) is 0 Å². The van der Waals surface area contributed by atoms with E-state index in [1.54, 1.807) is 11.3 Å². The van der Waals surface area contributed by atoms with E-state index in [1.165, 1.54) is 10.9 Å². The number of alkyl halides is 1. The summed E-state index contributed by atoms with van der Waals surface area (Å²) in [6, 6.07) is 47.1. The van der Waals surface area contributed by atoms with Crippen molar-refractivity contribution in [2.75, 3.05) is 13.2 Å². The molecule has 1 aromatic heterocycles. The summed E-state index contributed by atoms with van der Waals surface area (Å²) < 4.78 is 43.0. The first-order valence-corrected chi connectivity index (χ1v) is 19.6. The molecule has 5 atom stereocenters. The number of thiophene rings is 1. The number of hydrogen-bond donors (Lipinski definition) is 0. The van der Waals surface area contributed by atoms with Gasteiger partial charge in [-0.15, -0.1) is 22.9 Å². The Bertz CT molecular complexity index is 2040. The molecule has 8 heteroatoms. The number of rotatable bonds is 14. The van der Waals surface area contributed by atoms with E-state index in [-0.39, 0.29) is 6.61 Å². The van der Waals surface area contributed by atoms with E-state index in [2.05, 4.69) is 66.7 Å². The fourth-order valence-corrected chi connectivity index (χ4v) is 9.15. The van der Waals surface area contributed by atoms with E-state index in [0.29, 0.717) is 38.9 Å². The Hall–Kier alpha value is -3.89. The third-order valence-electron chi connectivity index (χ3n) is 9.96. The smallest absolute Gasteiger partial charge is 0.235 e. The molecule has 1 spiro atoms. The minimum atomic E-state index is -1.30. The lowest BCUT2D eigenvalue weighted by molar-refractivity contribution is -0.393. The summed E-state index contributed by atoms with van der Waals surface area (Å²) in [5.41, 5.74) is 6.50. The Morgan fingerprint density at radius 3 is 1.75 bits per heavy atom. The van der Waals surface area contributed by atoms with Crippen LogP contribution >= 0.6 is 22.9 Å². The molecular formula is C45H43ClO6S. The molecule has 8 rings (SSSR count). The topological polar surface area (TPSA) is 55.4 Å². The molecule has 6 aromatic rings. The van der Waals surface area contributed by atoms with E-state index in [4.69, 9.17) is 40.0 Å². The molecule has 0 aliphatic carbocycles. The van der Waals surface area contributed by atoms with Gasteiger partial charge in [-0.2, -0.15) is 0 Å². The highest BCUT2D eigenvalue weighted by Gasteiger charge is 2.61. The molecule has 5 aromatic carbocycles. The van der Waals surface area contributed by atoms with Crippen molar-refractivity contribution in [3.63, 3.8) is 0 Å². The van der Waals surface area contributed by atoms with Crippen LogP contribution in [0.2, 0.25) is 0 Å². The predicted octanol–water partition coefficient (Wildman–Crippen LogP) is 9.74. The van der Waals surface area contributed by atoms with Gasteiger partial charge < -0.3 is 28.4 Å². The molecule has 53 heavy (non-hydrogen) atoms. The fraction of sp³-hybridized carbons (Fsp3) is 0.289. The lowest BCUT2D eigenvalue weighted by Crippen LogP contribution is -2.67. The van der Waals surface area contributed by atoms with Gasteiger partial charge in [-0.25, -0.2) is 0 Å². The average molecular weight is 747 g/mol. The Kier molecular flexibility index (Phi) is 11.6. The Morgan fingerprint density at radius 1 is 0.623 bits per heavy atom. The van der Waals surface area contributed by atoms with Gasteiger partial charge in [-0.1, -0.05) is 140 Å². The van der Waals surface area contributed by atoms with Crippen molar-refractivity contribution in [2.24, 2.45) is 0 Å². The zero-order valence-electron chi connectivity index (χ0n) is 29.5. The van der Waals surface area contributed by atoms with Crippen LogP contribution in [0.15, 0.2) is 140 Å². The second kappa shape index (κ2) is 17.1. The Balaban J connectivity index is 1.24. The second-order valence-electron chi connectivity index (χ2n) is 13.5. The third kappa shape index (κ3) is 8.00. The summed E-state index contributed by atoms with van der Waals surface area (Å²) in [6.45, 7) is 2.18. The number of halogens is 1. The molecule has 2 aliphatic heterocycles. The number of fused-ring (bicyclic) bond motifs is 4. The first-order valence-electron chi connectivity index (χ1n) is 18.2. The van der Waals surface area contributed by atoms with Gasteiger partial charge in [0.25, 0.3) is 0 Å². The summed E-state index contributed by atoms with van der Waals surface area (Å²) in [5.74, 6) is -0.891. The molecule has 0 amide bonds. The van der Waals surface area contributed by atoms with Gasteiger partial charge in [0.1, 0.15) is 24.4 Å². The highest BCUT2D eigenvalue weighted by Crippen LogP contribution is 2.52. The lowest BCUT2D eigenvalue weighted by atomic mass is 9.87. The van der Waals surface area contributed by atoms with Gasteiger partial charge in [0.2, 0.25) is 5.79 Å². The standard InChI is InChI=1S/C45H43ClO6S/c46-26-36-22-13-23-37-38-24-25-51-45(44(38)53-42(36)37)43(50-30-35-20-11-4-12-21-35)41(49-29-34-18-9-3-10-19-34)40(48-28-33-16-7-2-8-17-33)39(52-45)31-47-27-32-14-5-1-6-15-32/h1-23,39-41,43H,24-31H2/t39-,40+,41+,43-,45+/m1/s1. The van der Waals surface area contributed by atoms with Crippen molar-refractivity contribution < 1.29 is 28.4 Å². The summed E-state index contributed by atoms with van der Waals surface area (Å²) in [5, 5.41) is 1.18. The lowest BCUT2D eigenvalue weighted by Gasteiger charge is -2.53. The fourth-order valence-electron chi connectivity index (χ4n) is 7.37. The maximum absolute atomic E-state index is 7.37. The zero-order valence-corrected chi connectivity index (χ0v) is 31.1. The normalized spacial score (nSPS) is 22.6. The second-order valence-corrected chi connectivity index (χ2v) is 14.8. The quantitative estimate of drug-likeness (QED) is 0.104. The summed E-state index contributed by atoms with van der Waals surface area (Å²) >= 11 is 8.20. The van der Waals surface area contributed by atoms with Crippen molar-refractivity contribution in [1.29, 1.82) is 0 Å². The number of ether oxygens (including phenoxy) is 6. The van der Waals surface area contributed by atoms with Crippen molar-refractivity contribution in [1.82, 2.24) is 0 Å². The molecule has 0 radical (unpaired) electrons. The van der Waals surface area contributed by atoms with E-state index in [0.717, 1.165) is 43.8 Å². The van der Waals surface area contributed by atoms with E-state index < -0.39 is 30.2 Å². The van der Waals surface area contributed by atoms with E-state index >= 15 is 0 Å². The summed E-state index contributed by atoms with van der Waals surface area (Å²) in [4.78, 5) is 0.984. The van der Waals surface area contributed by atoms with Crippen molar-refractivity contribution in [3.8, 4) is 0 Å². The van der Waals surface area contributed by atoms with Crippen LogP contribution in [0.1, 0.15) is 38.3 Å². The van der Waals surface area contributed by atoms with Crippen molar-refractivity contribution in [2.45, 2.75) is 68.9 Å². The average Bonchev–Trinajstić information content (AvgIpc) is 3.61. The van der Waals surface area contributed by atoms with Crippen LogP contribution in [0.4, 0.5) is 0 Å². The molecule has 1 saturated heterocycles. The maximum Gasteiger partial charge on any atom is 0.235 e. The molecule has 0 saturated carbocycles. The number of benzene rings is 5. The summed E-state index contributed by atoms with van der Waals surface area (Å²) in [7, 11) is 0.